The first-order chi connectivity index (χ1) is 11.8. The fraction of sp³-hybridized carbons (Fsp3) is 0.727. The minimum absolute atomic E-state index is 0.210. The van der Waals surface area contributed by atoms with Crippen LogP contribution < -0.4 is 9.13 Å². The van der Waals surface area contributed by atoms with Crippen LogP contribution in [0.25, 0.3) is 0 Å². The fourth-order valence-electron chi connectivity index (χ4n) is 1.42. The van der Waals surface area contributed by atoms with E-state index in [1.165, 1.54) is 0 Å². The SMILES string of the molecule is CC.CC.CC(C)(C)C.C[n+]1ccn(C(C)(C)C)c1.Cn1cc[n+](C)c1. The van der Waals surface area contributed by atoms with Gasteiger partial charge in [0.05, 0.1) is 21.1 Å². The smallest absolute Gasteiger partial charge is 0.240 e. The lowest BCUT2D eigenvalue weighted by Crippen LogP contribution is -2.27. The molecule has 26 heavy (non-hydrogen) atoms. The van der Waals surface area contributed by atoms with E-state index in [1.54, 1.807) is 0 Å². The highest BCUT2D eigenvalue weighted by Crippen LogP contribution is 2.10. The van der Waals surface area contributed by atoms with E-state index in [4.69, 9.17) is 0 Å². The van der Waals surface area contributed by atoms with Crippen LogP contribution in [0.15, 0.2) is 37.4 Å². The lowest BCUT2D eigenvalue weighted by molar-refractivity contribution is -0.671. The van der Waals surface area contributed by atoms with Crippen LogP contribution in [0.1, 0.15) is 76.2 Å². The van der Waals surface area contributed by atoms with E-state index in [0.29, 0.717) is 5.41 Å². The molecule has 2 rings (SSSR count). The highest BCUT2D eigenvalue weighted by atomic mass is 15.1. The summed E-state index contributed by atoms with van der Waals surface area (Å²) in [5.74, 6) is 0. The van der Waals surface area contributed by atoms with Crippen LogP contribution in [0.2, 0.25) is 0 Å². The molecular weight excluding hydrogens is 320 g/mol. The topological polar surface area (TPSA) is 17.6 Å². The summed E-state index contributed by atoms with van der Waals surface area (Å²) in [7, 11) is 6.03. The number of hydrogen-bond acceptors (Lipinski definition) is 0. The Morgan fingerprint density at radius 3 is 1.12 bits per heavy atom. The molecule has 0 aliphatic heterocycles. The predicted octanol–water partition coefficient (Wildman–Crippen LogP) is 5.02. The third kappa shape index (κ3) is 20.5. The van der Waals surface area contributed by atoms with Gasteiger partial charge in [0.1, 0.15) is 30.3 Å². The molecule has 0 atom stereocenters. The number of hydrogen-bond donors (Lipinski definition) is 0. The number of aromatic nitrogens is 4. The average molecular weight is 369 g/mol. The van der Waals surface area contributed by atoms with E-state index in [2.05, 4.69) is 65.6 Å². The molecule has 0 spiro atoms. The molecule has 0 unspecified atom stereocenters. The summed E-state index contributed by atoms with van der Waals surface area (Å²) < 4.78 is 8.23. The van der Waals surface area contributed by atoms with Crippen molar-refractivity contribution in [2.75, 3.05) is 0 Å². The third-order valence-corrected chi connectivity index (χ3v) is 2.44. The van der Waals surface area contributed by atoms with Gasteiger partial charge in [-0.1, -0.05) is 55.4 Å². The molecular formula is C22H48N4+2. The zero-order valence-corrected chi connectivity index (χ0v) is 20.3. The quantitative estimate of drug-likeness (QED) is 0.581. The summed E-state index contributed by atoms with van der Waals surface area (Å²) in [4.78, 5) is 0. The number of rotatable bonds is 0. The van der Waals surface area contributed by atoms with Gasteiger partial charge in [-0.2, -0.15) is 0 Å². The normalized spacial score (nSPS) is 9.92. The van der Waals surface area contributed by atoms with Crippen molar-refractivity contribution in [1.29, 1.82) is 0 Å². The van der Waals surface area contributed by atoms with E-state index in [-0.39, 0.29) is 5.54 Å². The van der Waals surface area contributed by atoms with Gasteiger partial charge >= 0.3 is 0 Å². The van der Waals surface area contributed by atoms with Gasteiger partial charge in [0.2, 0.25) is 12.7 Å². The second kappa shape index (κ2) is 14.6. The molecule has 2 aromatic rings. The maximum atomic E-state index is 2.19. The standard InChI is InChI=1S/C8H15N2.C5H9N2.C5H12.2C2H6/c1-8(2,3)10-6-5-9(4)7-10;1-6-3-4-7(2)5-6;1-5(2,3)4;2*1-2/h5-7H,1-4H3;3-5H,1-2H3;1-4H3;2*1-2H3/q2*+1;;;. The van der Waals surface area contributed by atoms with E-state index < -0.39 is 0 Å². The summed E-state index contributed by atoms with van der Waals surface area (Å²) in [6, 6.07) is 0. The summed E-state index contributed by atoms with van der Waals surface area (Å²) in [6.45, 7) is 23.3. The van der Waals surface area contributed by atoms with E-state index >= 15 is 0 Å². The van der Waals surface area contributed by atoms with Crippen molar-refractivity contribution in [3.8, 4) is 0 Å². The predicted molar refractivity (Wildman–Crippen MR) is 115 cm³/mol. The van der Waals surface area contributed by atoms with Crippen molar-refractivity contribution in [3.63, 3.8) is 0 Å². The number of aryl methyl sites for hydroxylation is 3. The summed E-state index contributed by atoms with van der Waals surface area (Å²) >= 11 is 0. The maximum absolute atomic E-state index is 2.19. The lowest BCUT2D eigenvalue weighted by Gasteiger charge is -2.13. The second-order valence-electron chi connectivity index (χ2n) is 8.40. The maximum Gasteiger partial charge on any atom is 0.243 e. The van der Waals surface area contributed by atoms with Crippen LogP contribution in [0, 0.1) is 5.41 Å². The molecule has 0 saturated heterocycles. The molecule has 2 aromatic heterocycles. The first-order valence-electron chi connectivity index (χ1n) is 9.80. The van der Waals surface area contributed by atoms with E-state index in [9.17, 15) is 0 Å². The molecule has 0 radical (unpaired) electrons. The Kier molecular flexibility index (Phi) is 16.4. The summed E-state index contributed by atoms with van der Waals surface area (Å²) in [6.07, 6.45) is 12.2. The molecule has 0 saturated carbocycles. The van der Waals surface area contributed by atoms with Gasteiger partial charge in [0.25, 0.3) is 0 Å². The van der Waals surface area contributed by atoms with Crippen molar-refractivity contribution in [1.82, 2.24) is 9.13 Å². The Labute approximate surface area is 164 Å². The summed E-state index contributed by atoms with van der Waals surface area (Å²) in [5, 5.41) is 0. The van der Waals surface area contributed by atoms with Crippen molar-refractivity contribution in [2.45, 2.75) is 81.7 Å². The monoisotopic (exact) mass is 368 g/mol. The number of nitrogens with zero attached hydrogens (tertiary/aromatic N) is 4. The Morgan fingerprint density at radius 1 is 0.654 bits per heavy atom. The molecule has 0 bridgehead atoms. The molecule has 0 amide bonds. The Bertz CT molecular complexity index is 514. The zero-order chi connectivity index (χ0) is 21.6. The van der Waals surface area contributed by atoms with Gasteiger partial charge in [-0.05, 0) is 26.2 Å². The largest absolute Gasteiger partial charge is 0.243 e. The average Bonchev–Trinajstić information content (AvgIpc) is 3.10. The van der Waals surface area contributed by atoms with Gasteiger partial charge in [0, 0.05) is 0 Å². The first-order valence-corrected chi connectivity index (χ1v) is 9.80. The molecule has 154 valence electrons. The molecule has 4 heteroatoms. The molecule has 0 aliphatic rings. The zero-order valence-electron chi connectivity index (χ0n) is 20.3. The van der Waals surface area contributed by atoms with E-state index in [1.807, 2.05) is 87.5 Å². The molecule has 2 heterocycles. The lowest BCUT2D eigenvalue weighted by atomic mass is 10.0. The van der Waals surface area contributed by atoms with Gasteiger partial charge in [0.15, 0.2) is 0 Å². The fourth-order valence-corrected chi connectivity index (χ4v) is 1.42. The Hall–Kier alpha value is -1.58. The molecule has 0 aromatic carbocycles. The van der Waals surface area contributed by atoms with Crippen molar-refractivity contribution in [3.05, 3.63) is 37.4 Å². The molecule has 4 nitrogen and oxygen atoms in total. The molecule has 0 aliphatic carbocycles. The van der Waals surface area contributed by atoms with E-state index in [0.717, 1.165) is 0 Å². The minimum Gasteiger partial charge on any atom is -0.240 e. The van der Waals surface area contributed by atoms with Crippen LogP contribution >= 0.6 is 0 Å². The van der Waals surface area contributed by atoms with Gasteiger partial charge < -0.3 is 0 Å². The third-order valence-electron chi connectivity index (χ3n) is 2.44. The Morgan fingerprint density at radius 2 is 1.00 bits per heavy atom. The van der Waals surface area contributed by atoms with Crippen molar-refractivity contribution in [2.24, 2.45) is 26.6 Å². The van der Waals surface area contributed by atoms with Gasteiger partial charge in [-0.3, -0.25) is 0 Å². The summed E-state index contributed by atoms with van der Waals surface area (Å²) in [5.41, 5.74) is 0.710. The van der Waals surface area contributed by atoms with Gasteiger partial charge in [-0.15, -0.1) is 0 Å². The molecule has 0 N–H and O–H groups in total. The first kappa shape index (κ1) is 29.2. The second-order valence-corrected chi connectivity index (χ2v) is 8.40. The highest BCUT2D eigenvalue weighted by Gasteiger charge is 2.17. The Balaban J connectivity index is -0.000000291. The highest BCUT2D eigenvalue weighted by molar-refractivity contribution is 4.77. The van der Waals surface area contributed by atoms with Gasteiger partial charge in [-0.25, -0.2) is 18.3 Å². The van der Waals surface area contributed by atoms with Crippen LogP contribution in [0.3, 0.4) is 0 Å². The van der Waals surface area contributed by atoms with Crippen LogP contribution in [-0.2, 0) is 26.7 Å². The minimum atomic E-state index is 0.210. The van der Waals surface area contributed by atoms with Crippen LogP contribution in [0.4, 0.5) is 0 Å². The van der Waals surface area contributed by atoms with Crippen LogP contribution in [-0.4, -0.2) is 9.13 Å². The van der Waals surface area contributed by atoms with Crippen molar-refractivity contribution < 1.29 is 9.13 Å². The molecule has 0 fully saturated rings. The number of imidazole rings is 2. The van der Waals surface area contributed by atoms with Crippen LogP contribution in [0.5, 0.6) is 0 Å². The van der Waals surface area contributed by atoms with Crippen molar-refractivity contribution >= 4 is 0 Å².